The lowest BCUT2D eigenvalue weighted by molar-refractivity contribution is 0.266. The molecule has 1 aliphatic rings. The summed E-state index contributed by atoms with van der Waals surface area (Å²) in [6.45, 7) is 6.49. The Bertz CT molecular complexity index is 339. The Hall–Kier alpha value is -0.830. The third-order valence-electron chi connectivity index (χ3n) is 4.23. The molecule has 1 saturated carbocycles. The fourth-order valence-electron chi connectivity index (χ4n) is 3.22. The highest BCUT2D eigenvalue weighted by atomic mass is 15.1. The normalized spacial score (nSPS) is 19.0. The number of rotatable bonds is 6. The third kappa shape index (κ3) is 3.35. The average Bonchev–Trinajstić information content (AvgIpc) is 2.86. The van der Waals surface area contributed by atoms with Gasteiger partial charge in [-0.15, -0.1) is 0 Å². The molecule has 0 bridgehead atoms. The summed E-state index contributed by atoms with van der Waals surface area (Å²) in [7, 11) is 0. The maximum atomic E-state index is 4.53. The van der Waals surface area contributed by atoms with Crippen molar-refractivity contribution in [2.24, 2.45) is 5.92 Å². The molecule has 0 aliphatic heterocycles. The summed E-state index contributed by atoms with van der Waals surface area (Å²) < 4.78 is 2.27. The zero-order valence-electron chi connectivity index (χ0n) is 11.9. The summed E-state index contributed by atoms with van der Waals surface area (Å²) in [6, 6.07) is 0.614. The van der Waals surface area contributed by atoms with Crippen molar-refractivity contribution in [2.45, 2.75) is 65.0 Å². The smallest absolute Gasteiger partial charge is 0.110 e. The van der Waals surface area contributed by atoms with E-state index in [2.05, 4.69) is 34.9 Å². The third-order valence-corrected chi connectivity index (χ3v) is 4.23. The Labute approximate surface area is 111 Å². The molecule has 0 aromatic carbocycles. The van der Waals surface area contributed by atoms with Crippen molar-refractivity contribution >= 4 is 0 Å². The summed E-state index contributed by atoms with van der Waals surface area (Å²) >= 11 is 0. The number of aryl methyl sites for hydroxylation is 1. The molecule has 18 heavy (non-hydrogen) atoms. The van der Waals surface area contributed by atoms with Gasteiger partial charge in [-0.2, -0.15) is 0 Å². The first kappa shape index (κ1) is 13.6. The van der Waals surface area contributed by atoms with E-state index in [-0.39, 0.29) is 0 Å². The lowest BCUT2D eigenvalue weighted by atomic mass is 9.82. The number of imidazole rings is 1. The van der Waals surface area contributed by atoms with Gasteiger partial charge in [-0.3, -0.25) is 0 Å². The summed E-state index contributed by atoms with van der Waals surface area (Å²) in [5.74, 6) is 2.09. The molecule has 3 nitrogen and oxygen atoms in total. The molecular weight excluding hydrogens is 222 g/mol. The molecule has 1 aliphatic carbocycles. The van der Waals surface area contributed by atoms with Crippen LogP contribution in [-0.4, -0.2) is 22.1 Å². The van der Waals surface area contributed by atoms with Crippen LogP contribution < -0.4 is 5.32 Å². The van der Waals surface area contributed by atoms with E-state index in [1.807, 2.05) is 6.20 Å². The first-order valence-corrected chi connectivity index (χ1v) is 7.58. The molecule has 1 N–H and O–H groups in total. The van der Waals surface area contributed by atoms with Crippen molar-refractivity contribution in [3.8, 4) is 0 Å². The zero-order valence-corrected chi connectivity index (χ0v) is 11.9. The average molecular weight is 249 g/mol. The zero-order chi connectivity index (χ0) is 12.8. The Morgan fingerprint density at radius 3 is 2.78 bits per heavy atom. The topological polar surface area (TPSA) is 29.9 Å². The molecule has 102 valence electrons. The van der Waals surface area contributed by atoms with Gasteiger partial charge in [-0.1, -0.05) is 26.2 Å². The van der Waals surface area contributed by atoms with Crippen LogP contribution in [0.15, 0.2) is 12.4 Å². The lowest BCUT2D eigenvalue weighted by Gasteiger charge is -2.30. The predicted molar refractivity (Wildman–Crippen MR) is 75.6 cm³/mol. The molecule has 1 fully saturated rings. The largest absolute Gasteiger partial charge is 0.335 e. The second-order valence-corrected chi connectivity index (χ2v) is 5.40. The highest BCUT2D eigenvalue weighted by Crippen LogP contribution is 2.27. The Morgan fingerprint density at radius 1 is 1.33 bits per heavy atom. The number of aromatic nitrogens is 2. The molecule has 0 radical (unpaired) electrons. The van der Waals surface area contributed by atoms with Gasteiger partial charge in [0, 0.05) is 31.4 Å². The van der Waals surface area contributed by atoms with Gasteiger partial charge in [0.05, 0.1) is 0 Å². The molecule has 1 aromatic rings. The molecule has 1 heterocycles. The second-order valence-electron chi connectivity index (χ2n) is 5.40. The molecule has 1 aromatic heterocycles. The van der Waals surface area contributed by atoms with E-state index in [1.54, 1.807) is 0 Å². The van der Waals surface area contributed by atoms with Crippen LogP contribution in [0.2, 0.25) is 0 Å². The van der Waals surface area contributed by atoms with Crippen molar-refractivity contribution in [2.75, 3.05) is 6.54 Å². The van der Waals surface area contributed by atoms with Crippen molar-refractivity contribution in [3.63, 3.8) is 0 Å². The van der Waals surface area contributed by atoms with Crippen LogP contribution in [0.1, 0.15) is 51.8 Å². The van der Waals surface area contributed by atoms with Crippen molar-refractivity contribution in [1.29, 1.82) is 0 Å². The quantitative estimate of drug-likeness (QED) is 0.840. The van der Waals surface area contributed by atoms with Crippen LogP contribution in [0.5, 0.6) is 0 Å². The SMILES string of the molecule is CCNC(Cc1nccn1CC)C1CCCCC1. The molecule has 2 rings (SSSR count). The van der Waals surface area contributed by atoms with Crippen molar-refractivity contribution in [1.82, 2.24) is 14.9 Å². The monoisotopic (exact) mass is 249 g/mol. The number of nitrogens with one attached hydrogen (secondary N) is 1. The summed E-state index contributed by atoms with van der Waals surface area (Å²) in [5, 5.41) is 3.69. The molecule has 0 spiro atoms. The fraction of sp³-hybridized carbons (Fsp3) is 0.800. The highest BCUT2D eigenvalue weighted by Gasteiger charge is 2.24. The number of hydrogen-bond donors (Lipinski definition) is 1. The molecule has 3 heteroatoms. The van der Waals surface area contributed by atoms with Gasteiger partial charge in [0.25, 0.3) is 0 Å². The highest BCUT2D eigenvalue weighted by molar-refractivity contribution is 4.97. The van der Waals surface area contributed by atoms with Crippen molar-refractivity contribution < 1.29 is 0 Å². The lowest BCUT2D eigenvalue weighted by Crippen LogP contribution is -2.39. The maximum Gasteiger partial charge on any atom is 0.110 e. The summed E-state index contributed by atoms with van der Waals surface area (Å²) in [5.41, 5.74) is 0. The van der Waals surface area contributed by atoms with E-state index in [0.717, 1.165) is 25.4 Å². The van der Waals surface area contributed by atoms with Crippen LogP contribution >= 0.6 is 0 Å². The molecule has 1 unspecified atom stereocenters. The van der Waals surface area contributed by atoms with Crippen LogP contribution in [-0.2, 0) is 13.0 Å². The summed E-state index contributed by atoms with van der Waals surface area (Å²) in [6.07, 6.45) is 12.2. The Balaban J connectivity index is 2.00. The van der Waals surface area contributed by atoms with Crippen molar-refractivity contribution in [3.05, 3.63) is 18.2 Å². The van der Waals surface area contributed by atoms with Crippen LogP contribution in [0.4, 0.5) is 0 Å². The first-order valence-electron chi connectivity index (χ1n) is 7.58. The minimum Gasteiger partial charge on any atom is -0.335 e. The first-order chi connectivity index (χ1) is 8.85. The van der Waals surface area contributed by atoms with E-state index >= 15 is 0 Å². The van der Waals surface area contributed by atoms with Gasteiger partial charge < -0.3 is 9.88 Å². The van der Waals surface area contributed by atoms with Gasteiger partial charge in [0.2, 0.25) is 0 Å². The minimum absolute atomic E-state index is 0.614. The van der Waals surface area contributed by atoms with E-state index in [0.29, 0.717) is 6.04 Å². The standard InChI is InChI=1S/C15H27N3/c1-3-16-14(13-8-6-5-7-9-13)12-15-17-10-11-18(15)4-2/h10-11,13-14,16H,3-9,12H2,1-2H3. The van der Waals surface area contributed by atoms with E-state index in [1.165, 1.54) is 37.9 Å². The molecule has 1 atom stereocenters. The number of likely N-dealkylation sites (N-methyl/N-ethyl adjacent to an activating group) is 1. The Kier molecular flexibility index (Phi) is 5.24. The van der Waals surface area contributed by atoms with Gasteiger partial charge in [-0.05, 0) is 32.2 Å². The van der Waals surface area contributed by atoms with E-state index in [9.17, 15) is 0 Å². The molecule has 0 saturated heterocycles. The maximum absolute atomic E-state index is 4.53. The number of nitrogens with zero attached hydrogens (tertiary/aromatic N) is 2. The predicted octanol–water partition coefficient (Wildman–Crippen LogP) is 3.00. The number of hydrogen-bond acceptors (Lipinski definition) is 2. The van der Waals surface area contributed by atoms with E-state index < -0.39 is 0 Å². The van der Waals surface area contributed by atoms with Gasteiger partial charge in [0.1, 0.15) is 5.82 Å². The van der Waals surface area contributed by atoms with Gasteiger partial charge >= 0.3 is 0 Å². The van der Waals surface area contributed by atoms with Crippen LogP contribution in [0.25, 0.3) is 0 Å². The Morgan fingerprint density at radius 2 is 2.11 bits per heavy atom. The van der Waals surface area contributed by atoms with Crippen LogP contribution in [0, 0.1) is 5.92 Å². The van der Waals surface area contributed by atoms with E-state index in [4.69, 9.17) is 0 Å². The fourth-order valence-corrected chi connectivity index (χ4v) is 3.22. The van der Waals surface area contributed by atoms with Gasteiger partial charge in [0.15, 0.2) is 0 Å². The second kappa shape index (κ2) is 6.93. The van der Waals surface area contributed by atoms with Crippen LogP contribution in [0.3, 0.4) is 0 Å². The molecule has 0 amide bonds. The summed E-state index contributed by atoms with van der Waals surface area (Å²) in [4.78, 5) is 4.53. The molecular formula is C15H27N3. The van der Waals surface area contributed by atoms with Gasteiger partial charge in [-0.25, -0.2) is 4.98 Å². The minimum atomic E-state index is 0.614.